The van der Waals surface area contributed by atoms with E-state index in [0.29, 0.717) is 0 Å². The Bertz CT molecular complexity index is 2200. The summed E-state index contributed by atoms with van der Waals surface area (Å²) in [5.41, 5.74) is 15.3. The van der Waals surface area contributed by atoms with E-state index in [2.05, 4.69) is 206 Å². The fourth-order valence-electron chi connectivity index (χ4n) is 7.72. The minimum absolute atomic E-state index is 0.244. The van der Waals surface area contributed by atoms with Crippen molar-refractivity contribution in [2.75, 3.05) is 10.2 Å². The molecule has 3 unspecified atom stereocenters. The van der Waals surface area contributed by atoms with Gasteiger partial charge in [-0.25, -0.2) is 0 Å². The molecule has 1 N–H and O–H groups in total. The van der Waals surface area contributed by atoms with Gasteiger partial charge in [0.25, 0.3) is 0 Å². The molecule has 0 spiro atoms. The lowest BCUT2D eigenvalue weighted by atomic mass is 9.87. The molecule has 0 fully saturated rings. The van der Waals surface area contributed by atoms with Crippen LogP contribution in [0.3, 0.4) is 0 Å². The Hall–Kier alpha value is -5.86. The molecular weight excluding hydrogens is 617 g/mol. The van der Waals surface area contributed by atoms with E-state index < -0.39 is 0 Å². The standard InChI is InChI=1S/C49H44N2/c1-3-4-7-14-35(2)45-33-40(25-31-47(45)50-42-27-21-38(22-28-42)36-15-8-5-9-16-36)41-26-32-49-46(34-41)44-19-12-13-20-48(44)51(49)43-29-23-39(24-30-43)37-17-10-6-11-18-37/h3-27,29-31,33-35,42,49-50H,28,32H2,1-2H3/b4-3-,14-7-. The van der Waals surface area contributed by atoms with E-state index >= 15 is 0 Å². The maximum atomic E-state index is 3.89. The molecule has 3 aliphatic rings. The Morgan fingerprint density at radius 3 is 2.12 bits per heavy atom. The highest BCUT2D eigenvalue weighted by Crippen LogP contribution is 2.49. The molecule has 3 atom stereocenters. The molecule has 2 nitrogen and oxygen atoms in total. The summed E-state index contributed by atoms with van der Waals surface area (Å²) in [6.07, 6.45) is 22.4. The minimum Gasteiger partial charge on any atom is -0.378 e. The smallest absolute Gasteiger partial charge is 0.0633 e. The summed E-state index contributed by atoms with van der Waals surface area (Å²) in [6, 6.07) is 46.8. The first kappa shape index (κ1) is 32.4. The van der Waals surface area contributed by atoms with Gasteiger partial charge in [0.2, 0.25) is 0 Å². The molecule has 5 aromatic carbocycles. The van der Waals surface area contributed by atoms with E-state index in [1.54, 1.807) is 0 Å². The van der Waals surface area contributed by atoms with Gasteiger partial charge in [-0.05, 0) is 101 Å². The number of anilines is 3. The summed E-state index contributed by atoms with van der Waals surface area (Å²) in [6.45, 7) is 4.36. The summed E-state index contributed by atoms with van der Waals surface area (Å²) in [7, 11) is 0. The monoisotopic (exact) mass is 660 g/mol. The number of nitrogens with zero attached hydrogens (tertiary/aromatic N) is 1. The van der Waals surface area contributed by atoms with Crippen LogP contribution >= 0.6 is 0 Å². The van der Waals surface area contributed by atoms with Crippen LogP contribution in [0.25, 0.3) is 27.8 Å². The lowest BCUT2D eigenvalue weighted by molar-refractivity contribution is 0.831. The van der Waals surface area contributed by atoms with Crippen molar-refractivity contribution < 1.29 is 0 Å². The van der Waals surface area contributed by atoms with Gasteiger partial charge in [0, 0.05) is 34.6 Å². The first-order valence-electron chi connectivity index (χ1n) is 18.3. The number of hydrogen-bond acceptors (Lipinski definition) is 2. The summed E-state index contributed by atoms with van der Waals surface area (Å²) >= 11 is 0. The van der Waals surface area contributed by atoms with Gasteiger partial charge in [-0.2, -0.15) is 0 Å². The van der Waals surface area contributed by atoms with E-state index in [1.165, 1.54) is 67.2 Å². The SMILES string of the molecule is C/C=C\C=C/C(C)c1cc(C2=CCC3C(=C2)c2ccccc2N3c2ccc(-c3ccccc3)cc2)ccc1NC1C=CC(c2ccccc2)=CC1. The molecule has 2 heteroatoms. The molecule has 1 heterocycles. The average molecular weight is 661 g/mol. The zero-order valence-corrected chi connectivity index (χ0v) is 29.4. The Labute approximate surface area is 303 Å². The third-order valence-electron chi connectivity index (χ3n) is 10.4. The van der Waals surface area contributed by atoms with Crippen molar-refractivity contribution in [3.8, 4) is 11.1 Å². The lowest BCUT2D eigenvalue weighted by Crippen LogP contribution is -2.27. The Kier molecular flexibility index (Phi) is 9.23. The van der Waals surface area contributed by atoms with Crippen molar-refractivity contribution in [1.29, 1.82) is 0 Å². The summed E-state index contributed by atoms with van der Waals surface area (Å²) in [5.74, 6) is 0.248. The molecule has 0 bridgehead atoms. The number of hydrogen-bond donors (Lipinski definition) is 1. The molecular formula is C49H44N2. The van der Waals surface area contributed by atoms with Crippen molar-refractivity contribution in [2.24, 2.45) is 0 Å². The number of benzene rings is 5. The quantitative estimate of drug-likeness (QED) is 0.158. The Morgan fingerprint density at radius 2 is 1.37 bits per heavy atom. The second kappa shape index (κ2) is 14.5. The molecule has 250 valence electrons. The fraction of sp³-hybridized carbons (Fsp3) is 0.143. The van der Waals surface area contributed by atoms with E-state index in [0.717, 1.165) is 12.8 Å². The Balaban J connectivity index is 1.08. The summed E-state index contributed by atoms with van der Waals surface area (Å²) in [5, 5.41) is 3.89. The highest BCUT2D eigenvalue weighted by atomic mass is 15.2. The summed E-state index contributed by atoms with van der Waals surface area (Å²) < 4.78 is 0. The normalized spacial score (nSPS) is 18.6. The maximum absolute atomic E-state index is 3.89. The van der Waals surface area contributed by atoms with Crippen LogP contribution in [-0.4, -0.2) is 12.1 Å². The van der Waals surface area contributed by atoms with Gasteiger partial charge < -0.3 is 10.2 Å². The Morgan fingerprint density at radius 1 is 0.686 bits per heavy atom. The van der Waals surface area contributed by atoms with Crippen LogP contribution < -0.4 is 10.2 Å². The van der Waals surface area contributed by atoms with Crippen LogP contribution in [0.2, 0.25) is 0 Å². The summed E-state index contributed by atoms with van der Waals surface area (Å²) in [4.78, 5) is 2.53. The molecule has 1 aliphatic heterocycles. The van der Waals surface area contributed by atoms with Gasteiger partial charge in [0.15, 0.2) is 0 Å². The van der Waals surface area contributed by atoms with Crippen LogP contribution in [0.15, 0.2) is 182 Å². The number of fused-ring (bicyclic) bond motifs is 3. The zero-order valence-electron chi connectivity index (χ0n) is 29.4. The fourth-order valence-corrected chi connectivity index (χ4v) is 7.72. The molecule has 8 rings (SSSR count). The van der Waals surface area contributed by atoms with Crippen molar-refractivity contribution in [3.05, 3.63) is 204 Å². The molecule has 5 aromatic rings. The topological polar surface area (TPSA) is 15.3 Å². The first-order valence-corrected chi connectivity index (χ1v) is 18.3. The van der Waals surface area contributed by atoms with Gasteiger partial charge in [-0.15, -0.1) is 0 Å². The van der Waals surface area contributed by atoms with Crippen LogP contribution in [0.5, 0.6) is 0 Å². The minimum atomic E-state index is 0.244. The van der Waals surface area contributed by atoms with Crippen molar-refractivity contribution >= 4 is 33.8 Å². The predicted molar refractivity (Wildman–Crippen MR) is 219 cm³/mol. The third kappa shape index (κ3) is 6.70. The number of rotatable bonds is 9. The van der Waals surface area contributed by atoms with Gasteiger partial charge in [-0.3, -0.25) is 0 Å². The second-order valence-corrected chi connectivity index (χ2v) is 13.7. The van der Waals surface area contributed by atoms with Crippen LogP contribution in [-0.2, 0) is 0 Å². The molecule has 2 aliphatic carbocycles. The van der Waals surface area contributed by atoms with Gasteiger partial charge >= 0.3 is 0 Å². The largest absolute Gasteiger partial charge is 0.378 e. The lowest BCUT2D eigenvalue weighted by Gasteiger charge is -2.30. The van der Waals surface area contributed by atoms with Gasteiger partial charge in [0.1, 0.15) is 0 Å². The van der Waals surface area contributed by atoms with E-state index in [9.17, 15) is 0 Å². The van der Waals surface area contributed by atoms with Crippen LogP contribution in [0, 0.1) is 0 Å². The molecule has 0 saturated carbocycles. The molecule has 0 radical (unpaired) electrons. The van der Waals surface area contributed by atoms with Crippen LogP contribution in [0.1, 0.15) is 54.9 Å². The zero-order chi connectivity index (χ0) is 34.6. The molecule has 0 saturated heterocycles. The van der Waals surface area contributed by atoms with Crippen molar-refractivity contribution in [3.63, 3.8) is 0 Å². The number of nitrogens with one attached hydrogen (secondary N) is 1. The highest BCUT2D eigenvalue weighted by Gasteiger charge is 2.36. The van der Waals surface area contributed by atoms with E-state index in [1.807, 2.05) is 0 Å². The first-order chi connectivity index (χ1) is 25.2. The van der Waals surface area contributed by atoms with Crippen molar-refractivity contribution in [2.45, 2.75) is 44.7 Å². The van der Waals surface area contributed by atoms with Gasteiger partial charge in [0.05, 0.1) is 6.04 Å². The van der Waals surface area contributed by atoms with Crippen molar-refractivity contribution in [1.82, 2.24) is 0 Å². The second-order valence-electron chi connectivity index (χ2n) is 13.7. The number of allylic oxidation sites excluding steroid dienone is 8. The van der Waals surface area contributed by atoms with E-state index in [-0.39, 0.29) is 18.0 Å². The number of para-hydroxylation sites is 1. The molecule has 0 amide bonds. The predicted octanol–water partition coefficient (Wildman–Crippen LogP) is 12.8. The maximum Gasteiger partial charge on any atom is 0.0633 e. The molecule has 51 heavy (non-hydrogen) atoms. The highest BCUT2D eigenvalue weighted by molar-refractivity contribution is 5.99. The average Bonchev–Trinajstić information content (AvgIpc) is 3.53. The third-order valence-corrected chi connectivity index (χ3v) is 10.4. The molecule has 0 aromatic heterocycles. The van der Waals surface area contributed by atoms with Gasteiger partial charge in [-0.1, -0.05) is 153 Å². The van der Waals surface area contributed by atoms with Crippen LogP contribution in [0.4, 0.5) is 17.1 Å². The van der Waals surface area contributed by atoms with E-state index in [4.69, 9.17) is 0 Å².